The smallest absolute Gasteiger partial charge is 0.109 e. The highest BCUT2D eigenvalue weighted by Crippen LogP contribution is 2.21. The van der Waals surface area contributed by atoms with Gasteiger partial charge in [0.1, 0.15) is 11.5 Å². The van der Waals surface area contributed by atoms with Gasteiger partial charge in [0.15, 0.2) is 0 Å². The summed E-state index contributed by atoms with van der Waals surface area (Å²) in [6, 6.07) is 2.08. The van der Waals surface area contributed by atoms with Gasteiger partial charge in [0, 0.05) is 5.92 Å². The van der Waals surface area contributed by atoms with E-state index in [1.54, 1.807) is 0 Å². The fourth-order valence-corrected chi connectivity index (χ4v) is 1.23. The minimum Gasteiger partial charge on any atom is -0.466 e. The normalized spacial score (nSPS) is 10.9. The highest BCUT2D eigenvalue weighted by atomic mass is 16.3. The van der Waals surface area contributed by atoms with Gasteiger partial charge in [-0.1, -0.05) is 13.8 Å². The van der Waals surface area contributed by atoms with E-state index in [1.807, 2.05) is 6.92 Å². The van der Waals surface area contributed by atoms with Gasteiger partial charge >= 0.3 is 0 Å². The van der Waals surface area contributed by atoms with Crippen LogP contribution in [-0.2, 0) is 0 Å². The molecule has 10 heavy (non-hydrogen) atoms. The molecule has 0 aliphatic rings. The van der Waals surface area contributed by atoms with Gasteiger partial charge in [-0.2, -0.15) is 0 Å². The molecule has 0 saturated carbocycles. The van der Waals surface area contributed by atoms with E-state index in [0.717, 1.165) is 11.5 Å². The Balaban J connectivity index is 3.03. The van der Waals surface area contributed by atoms with Crippen molar-refractivity contribution >= 4 is 0 Å². The third kappa shape index (κ3) is 1.23. The summed E-state index contributed by atoms with van der Waals surface area (Å²) in [4.78, 5) is 0. The van der Waals surface area contributed by atoms with E-state index in [2.05, 4.69) is 26.8 Å². The van der Waals surface area contributed by atoms with Gasteiger partial charge in [-0.05, 0) is 25.5 Å². The summed E-state index contributed by atoms with van der Waals surface area (Å²) in [5.41, 5.74) is 1.27. The lowest BCUT2D eigenvalue weighted by Gasteiger charge is -1.99. The van der Waals surface area contributed by atoms with Crippen molar-refractivity contribution in [3.05, 3.63) is 23.2 Å². The maximum absolute atomic E-state index is 5.48. The van der Waals surface area contributed by atoms with Crippen LogP contribution in [0.15, 0.2) is 10.5 Å². The number of rotatable bonds is 1. The summed E-state index contributed by atoms with van der Waals surface area (Å²) in [5, 5.41) is 0. The predicted octanol–water partition coefficient (Wildman–Crippen LogP) is 3.02. The molecular formula is C9H14O. The summed E-state index contributed by atoms with van der Waals surface area (Å²) in [6.45, 7) is 8.36. The Hall–Kier alpha value is -0.720. The minimum absolute atomic E-state index is 0.508. The van der Waals surface area contributed by atoms with Crippen molar-refractivity contribution < 1.29 is 4.42 Å². The molecule has 0 aliphatic carbocycles. The Labute approximate surface area is 62.1 Å². The van der Waals surface area contributed by atoms with Crippen LogP contribution in [0.2, 0.25) is 0 Å². The molecule has 0 fully saturated rings. The zero-order valence-electron chi connectivity index (χ0n) is 7.06. The molecule has 1 aromatic rings. The first kappa shape index (κ1) is 7.39. The maximum Gasteiger partial charge on any atom is 0.109 e. The largest absolute Gasteiger partial charge is 0.466 e. The minimum atomic E-state index is 0.508. The van der Waals surface area contributed by atoms with Crippen LogP contribution in [0.1, 0.15) is 36.8 Å². The molecule has 1 nitrogen and oxygen atoms in total. The Morgan fingerprint density at radius 3 is 2.10 bits per heavy atom. The summed E-state index contributed by atoms with van der Waals surface area (Å²) >= 11 is 0. The molecule has 56 valence electrons. The first-order chi connectivity index (χ1) is 4.61. The van der Waals surface area contributed by atoms with E-state index >= 15 is 0 Å². The molecule has 0 N–H and O–H groups in total. The SMILES string of the molecule is Cc1cc(C)c(C(C)C)o1. The van der Waals surface area contributed by atoms with Crippen molar-refractivity contribution in [2.75, 3.05) is 0 Å². The van der Waals surface area contributed by atoms with Crippen molar-refractivity contribution in [2.45, 2.75) is 33.6 Å². The number of furan rings is 1. The first-order valence-corrected chi connectivity index (χ1v) is 3.68. The molecule has 1 rings (SSSR count). The van der Waals surface area contributed by atoms with Gasteiger partial charge in [0.25, 0.3) is 0 Å². The molecule has 0 spiro atoms. The molecule has 0 aliphatic heterocycles. The van der Waals surface area contributed by atoms with Crippen LogP contribution in [0, 0.1) is 13.8 Å². The molecule has 1 heterocycles. The maximum atomic E-state index is 5.48. The molecule has 0 unspecified atom stereocenters. The average Bonchev–Trinajstić information content (AvgIpc) is 2.10. The van der Waals surface area contributed by atoms with Crippen LogP contribution in [0.25, 0.3) is 0 Å². The van der Waals surface area contributed by atoms with Gasteiger partial charge in [-0.3, -0.25) is 0 Å². The number of hydrogen-bond donors (Lipinski definition) is 0. The predicted molar refractivity (Wildman–Crippen MR) is 42.3 cm³/mol. The Morgan fingerprint density at radius 2 is 1.90 bits per heavy atom. The second kappa shape index (κ2) is 2.49. The van der Waals surface area contributed by atoms with E-state index < -0.39 is 0 Å². The molecule has 0 radical (unpaired) electrons. The van der Waals surface area contributed by atoms with Crippen molar-refractivity contribution in [2.24, 2.45) is 0 Å². The van der Waals surface area contributed by atoms with Gasteiger partial charge in [-0.25, -0.2) is 0 Å². The van der Waals surface area contributed by atoms with E-state index in [-0.39, 0.29) is 0 Å². The molecule has 1 aromatic heterocycles. The Morgan fingerprint density at radius 1 is 1.30 bits per heavy atom. The molecule has 0 atom stereocenters. The van der Waals surface area contributed by atoms with Crippen molar-refractivity contribution in [1.29, 1.82) is 0 Å². The van der Waals surface area contributed by atoms with Crippen molar-refractivity contribution in [3.8, 4) is 0 Å². The topological polar surface area (TPSA) is 13.1 Å². The van der Waals surface area contributed by atoms with Gasteiger partial charge in [0.2, 0.25) is 0 Å². The zero-order chi connectivity index (χ0) is 7.72. The van der Waals surface area contributed by atoms with Gasteiger partial charge in [0.05, 0.1) is 0 Å². The summed E-state index contributed by atoms with van der Waals surface area (Å²) in [5.74, 6) is 2.65. The van der Waals surface area contributed by atoms with E-state index in [9.17, 15) is 0 Å². The van der Waals surface area contributed by atoms with Crippen LogP contribution in [0.5, 0.6) is 0 Å². The van der Waals surface area contributed by atoms with Crippen LogP contribution in [-0.4, -0.2) is 0 Å². The monoisotopic (exact) mass is 138 g/mol. The summed E-state index contributed by atoms with van der Waals surface area (Å²) < 4.78 is 5.48. The lowest BCUT2D eigenvalue weighted by molar-refractivity contribution is 0.461. The number of hydrogen-bond acceptors (Lipinski definition) is 1. The van der Waals surface area contributed by atoms with Crippen LogP contribution < -0.4 is 0 Å². The zero-order valence-corrected chi connectivity index (χ0v) is 7.06. The highest BCUT2D eigenvalue weighted by molar-refractivity contribution is 5.21. The van der Waals surface area contributed by atoms with E-state index in [1.165, 1.54) is 5.56 Å². The van der Waals surface area contributed by atoms with Crippen molar-refractivity contribution in [1.82, 2.24) is 0 Å². The average molecular weight is 138 g/mol. The first-order valence-electron chi connectivity index (χ1n) is 3.68. The summed E-state index contributed by atoms with van der Waals surface area (Å²) in [6.07, 6.45) is 0. The van der Waals surface area contributed by atoms with Gasteiger partial charge in [-0.15, -0.1) is 0 Å². The number of aryl methyl sites for hydroxylation is 2. The summed E-state index contributed by atoms with van der Waals surface area (Å²) in [7, 11) is 0. The fourth-order valence-electron chi connectivity index (χ4n) is 1.23. The molecule has 0 bridgehead atoms. The van der Waals surface area contributed by atoms with Crippen LogP contribution in [0.3, 0.4) is 0 Å². The Bertz CT molecular complexity index is 221. The van der Waals surface area contributed by atoms with E-state index in [0.29, 0.717) is 5.92 Å². The standard InChI is InChI=1S/C9H14O/c1-6(2)9-7(3)5-8(4)10-9/h5-6H,1-4H3. The molecular weight excluding hydrogens is 124 g/mol. The second-order valence-electron chi connectivity index (χ2n) is 3.06. The quantitative estimate of drug-likeness (QED) is 0.581. The lowest BCUT2D eigenvalue weighted by atomic mass is 10.1. The molecule has 0 saturated heterocycles. The Kier molecular flexibility index (Phi) is 1.84. The lowest BCUT2D eigenvalue weighted by Crippen LogP contribution is -1.84. The van der Waals surface area contributed by atoms with Gasteiger partial charge < -0.3 is 4.42 Å². The molecule has 1 heteroatoms. The van der Waals surface area contributed by atoms with Crippen LogP contribution in [0.4, 0.5) is 0 Å². The second-order valence-corrected chi connectivity index (χ2v) is 3.06. The third-order valence-electron chi connectivity index (χ3n) is 1.60. The highest BCUT2D eigenvalue weighted by Gasteiger charge is 2.07. The molecule has 0 amide bonds. The van der Waals surface area contributed by atoms with Crippen LogP contribution >= 0.6 is 0 Å². The van der Waals surface area contributed by atoms with Crippen molar-refractivity contribution in [3.63, 3.8) is 0 Å². The fraction of sp³-hybridized carbons (Fsp3) is 0.556. The molecule has 0 aromatic carbocycles. The third-order valence-corrected chi connectivity index (χ3v) is 1.60. The van der Waals surface area contributed by atoms with E-state index in [4.69, 9.17) is 4.42 Å².